The van der Waals surface area contributed by atoms with Crippen LogP contribution < -0.4 is 4.74 Å². The number of nitriles is 1. The van der Waals surface area contributed by atoms with E-state index in [1.165, 1.54) is 6.20 Å². The number of carbonyl (C=O) groups is 1. The lowest BCUT2D eigenvalue weighted by atomic mass is 10.2. The Kier molecular flexibility index (Phi) is 4.85. The van der Waals surface area contributed by atoms with Crippen molar-refractivity contribution in [3.8, 4) is 11.9 Å². The number of carbonyl (C=O) groups excluding carboxylic acids is 1. The molecule has 1 amide bonds. The van der Waals surface area contributed by atoms with E-state index in [2.05, 4.69) is 10.1 Å². The molecule has 3 aromatic heterocycles. The van der Waals surface area contributed by atoms with Crippen LogP contribution in [0.2, 0.25) is 0 Å². The lowest BCUT2D eigenvalue weighted by Gasteiger charge is -2.24. The van der Waals surface area contributed by atoms with Gasteiger partial charge in [0.15, 0.2) is 0 Å². The summed E-state index contributed by atoms with van der Waals surface area (Å²) in [5.41, 5.74) is 1.46. The highest BCUT2D eigenvalue weighted by atomic mass is 32.1. The lowest BCUT2D eigenvalue weighted by Crippen LogP contribution is -2.39. The van der Waals surface area contributed by atoms with E-state index >= 15 is 0 Å². The van der Waals surface area contributed by atoms with Crippen molar-refractivity contribution < 1.29 is 9.53 Å². The molecule has 0 saturated carbocycles. The Morgan fingerprint density at radius 2 is 2.26 bits per heavy atom. The summed E-state index contributed by atoms with van der Waals surface area (Å²) in [6.07, 6.45) is 3.32. The maximum atomic E-state index is 12.8. The molecule has 0 saturated heterocycles. The molecule has 3 aromatic rings. The van der Waals surface area contributed by atoms with Crippen LogP contribution in [0, 0.1) is 11.3 Å². The summed E-state index contributed by atoms with van der Waals surface area (Å²) in [5.74, 6) is 0.494. The molecule has 1 unspecified atom stereocenters. The second-order valence-electron chi connectivity index (χ2n) is 6.27. The van der Waals surface area contributed by atoms with Crippen molar-refractivity contribution in [1.29, 1.82) is 5.26 Å². The van der Waals surface area contributed by atoms with E-state index in [0.29, 0.717) is 37.5 Å². The quantitative estimate of drug-likeness (QED) is 0.694. The predicted octanol–water partition coefficient (Wildman–Crippen LogP) is 2.24. The molecule has 0 fully saturated rings. The normalized spacial score (nSPS) is 16.3. The van der Waals surface area contributed by atoms with E-state index in [1.54, 1.807) is 29.7 Å². The van der Waals surface area contributed by atoms with Gasteiger partial charge in [-0.3, -0.25) is 9.48 Å². The lowest BCUT2D eigenvalue weighted by molar-refractivity contribution is -0.132. The maximum Gasteiger partial charge on any atom is 0.228 e. The number of hydrogen-bond acceptors (Lipinski definition) is 6. The van der Waals surface area contributed by atoms with Crippen molar-refractivity contribution >= 4 is 17.2 Å². The van der Waals surface area contributed by atoms with Crippen molar-refractivity contribution in [3.63, 3.8) is 0 Å². The van der Waals surface area contributed by atoms with Gasteiger partial charge in [0.1, 0.15) is 12.2 Å². The Morgan fingerprint density at radius 1 is 1.33 bits per heavy atom. The fourth-order valence-corrected chi connectivity index (χ4v) is 3.74. The Labute approximate surface area is 160 Å². The van der Waals surface area contributed by atoms with Crippen LogP contribution >= 0.6 is 11.3 Å². The van der Waals surface area contributed by atoms with Crippen molar-refractivity contribution in [2.45, 2.75) is 25.6 Å². The second kappa shape index (κ2) is 7.60. The molecule has 8 heteroatoms. The molecule has 4 heterocycles. The van der Waals surface area contributed by atoms with Crippen molar-refractivity contribution in [3.05, 3.63) is 64.2 Å². The van der Waals surface area contributed by atoms with E-state index in [9.17, 15) is 4.79 Å². The molecule has 1 aliphatic heterocycles. The Hall–Kier alpha value is -3.18. The van der Waals surface area contributed by atoms with Crippen LogP contribution in [0.1, 0.15) is 16.1 Å². The average molecular weight is 379 g/mol. The minimum Gasteiger partial charge on any atom is -0.470 e. The molecular weight excluding hydrogens is 362 g/mol. The summed E-state index contributed by atoms with van der Waals surface area (Å²) < 4.78 is 7.87. The first-order chi connectivity index (χ1) is 13.2. The maximum absolute atomic E-state index is 12.8. The Bertz CT molecular complexity index is 959. The van der Waals surface area contributed by atoms with Gasteiger partial charge in [0, 0.05) is 23.3 Å². The highest BCUT2D eigenvalue weighted by Gasteiger charge is 2.27. The summed E-state index contributed by atoms with van der Waals surface area (Å²) >= 11 is 1.58. The third kappa shape index (κ3) is 3.99. The number of nitrogens with zero attached hydrogens (tertiary/aromatic N) is 5. The highest BCUT2D eigenvalue weighted by molar-refractivity contribution is 7.10. The molecule has 0 spiro atoms. The highest BCUT2D eigenvalue weighted by Crippen LogP contribution is 2.18. The number of amides is 1. The van der Waals surface area contributed by atoms with E-state index in [1.807, 2.05) is 39.2 Å². The first-order valence-corrected chi connectivity index (χ1v) is 9.43. The van der Waals surface area contributed by atoms with Crippen LogP contribution in [0.4, 0.5) is 0 Å². The second-order valence-corrected chi connectivity index (χ2v) is 7.30. The summed E-state index contributed by atoms with van der Waals surface area (Å²) in [4.78, 5) is 19.9. The van der Waals surface area contributed by atoms with Crippen molar-refractivity contribution in [1.82, 2.24) is 19.7 Å². The average Bonchev–Trinajstić information content (AvgIpc) is 3.31. The van der Waals surface area contributed by atoms with Crippen LogP contribution in [-0.4, -0.2) is 38.2 Å². The summed E-state index contributed by atoms with van der Waals surface area (Å²) in [6.45, 7) is 1.49. The Morgan fingerprint density at radius 3 is 3.00 bits per heavy atom. The minimum absolute atomic E-state index is 0.0634. The monoisotopic (exact) mass is 379 g/mol. The molecule has 4 rings (SSSR count). The topological polar surface area (TPSA) is 84.0 Å². The van der Waals surface area contributed by atoms with Gasteiger partial charge in [0.2, 0.25) is 11.8 Å². The Balaban J connectivity index is 1.52. The molecule has 1 aliphatic rings. The zero-order valence-corrected chi connectivity index (χ0v) is 15.3. The SMILES string of the molecule is N#Cc1ccc(OC2CN(C(=O)Cc3cccs3)Cc3ccnn3C2)nc1. The fraction of sp³-hybridized carbons (Fsp3) is 0.263. The molecule has 7 nitrogen and oxygen atoms in total. The molecule has 0 radical (unpaired) electrons. The van der Waals surface area contributed by atoms with Crippen LogP contribution in [0.15, 0.2) is 48.1 Å². The number of rotatable bonds is 4. The van der Waals surface area contributed by atoms with E-state index in [4.69, 9.17) is 10.00 Å². The number of pyridine rings is 1. The number of thiophene rings is 1. The molecule has 1 atom stereocenters. The van der Waals surface area contributed by atoms with Crippen LogP contribution in [0.25, 0.3) is 0 Å². The molecule has 0 bridgehead atoms. The van der Waals surface area contributed by atoms with E-state index in [0.717, 1.165) is 10.6 Å². The van der Waals surface area contributed by atoms with Gasteiger partial charge in [0.25, 0.3) is 0 Å². The molecule has 0 aromatic carbocycles. The van der Waals surface area contributed by atoms with Gasteiger partial charge in [-0.1, -0.05) is 6.07 Å². The molecule has 0 N–H and O–H groups in total. The first kappa shape index (κ1) is 17.2. The summed E-state index contributed by atoms with van der Waals surface area (Å²) in [6, 6.07) is 11.2. The van der Waals surface area contributed by atoms with Crippen LogP contribution in [-0.2, 0) is 24.3 Å². The number of aromatic nitrogens is 3. The predicted molar refractivity (Wildman–Crippen MR) is 99.0 cm³/mol. The molecular formula is C19H17N5O2S. The summed E-state index contributed by atoms with van der Waals surface area (Å²) in [5, 5.41) is 15.2. The van der Waals surface area contributed by atoms with Gasteiger partial charge >= 0.3 is 0 Å². The van der Waals surface area contributed by atoms with Gasteiger partial charge in [-0.2, -0.15) is 10.4 Å². The number of ether oxygens (including phenoxy) is 1. The minimum atomic E-state index is -0.279. The number of hydrogen-bond donors (Lipinski definition) is 0. The van der Waals surface area contributed by atoms with Crippen molar-refractivity contribution in [2.24, 2.45) is 0 Å². The largest absolute Gasteiger partial charge is 0.470 e. The smallest absolute Gasteiger partial charge is 0.228 e. The number of fused-ring (bicyclic) bond motifs is 1. The van der Waals surface area contributed by atoms with Gasteiger partial charge in [0.05, 0.1) is 37.3 Å². The zero-order chi connectivity index (χ0) is 18.6. The standard InChI is InChI=1S/C19H17N5O2S/c20-9-14-3-4-18(21-10-14)26-16-12-23(11-15-5-6-22-24(15)13-16)19(25)8-17-2-1-7-27-17/h1-7,10,16H,8,11-13H2. The van der Waals surface area contributed by atoms with E-state index < -0.39 is 0 Å². The van der Waals surface area contributed by atoms with Gasteiger partial charge < -0.3 is 9.64 Å². The first-order valence-electron chi connectivity index (χ1n) is 8.55. The van der Waals surface area contributed by atoms with Crippen LogP contribution in [0.3, 0.4) is 0 Å². The van der Waals surface area contributed by atoms with Crippen LogP contribution in [0.5, 0.6) is 5.88 Å². The van der Waals surface area contributed by atoms with Gasteiger partial charge in [-0.25, -0.2) is 4.98 Å². The van der Waals surface area contributed by atoms with E-state index in [-0.39, 0.29) is 12.0 Å². The third-order valence-electron chi connectivity index (χ3n) is 4.37. The molecule has 27 heavy (non-hydrogen) atoms. The fourth-order valence-electron chi connectivity index (χ4n) is 3.04. The molecule has 0 aliphatic carbocycles. The van der Waals surface area contributed by atoms with Gasteiger partial charge in [-0.05, 0) is 23.6 Å². The zero-order valence-electron chi connectivity index (χ0n) is 14.5. The third-order valence-corrected chi connectivity index (χ3v) is 5.25. The summed E-state index contributed by atoms with van der Waals surface area (Å²) in [7, 11) is 0. The van der Waals surface area contributed by atoms with Crippen molar-refractivity contribution in [2.75, 3.05) is 6.54 Å². The van der Waals surface area contributed by atoms with Gasteiger partial charge in [-0.15, -0.1) is 11.3 Å². The molecule has 136 valence electrons.